The third-order valence-electron chi connectivity index (χ3n) is 7.83. The van der Waals surface area contributed by atoms with Crippen LogP contribution in [0.25, 0.3) is 0 Å². The van der Waals surface area contributed by atoms with Gasteiger partial charge in [-0.3, -0.25) is 9.59 Å². The quantitative estimate of drug-likeness (QED) is 0.0704. The van der Waals surface area contributed by atoms with Gasteiger partial charge in [-0.2, -0.15) is 0 Å². The van der Waals surface area contributed by atoms with Crippen molar-refractivity contribution in [3.05, 3.63) is 0 Å². The molecule has 1 unspecified atom stereocenters. The molecule has 0 aromatic heterocycles. The fourth-order valence-corrected chi connectivity index (χ4v) is 5.30. The molecule has 1 atom stereocenters. The average molecular weight is 539 g/mol. The number of rotatable bonds is 31. The number of hydrogen-bond donors (Lipinski definition) is 1. The van der Waals surface area contributed by atoms with Crippen molar-refractivity contribution < 1.29 is 19.4 Å². The molecule has 0 aliphatic rings. The van der Waals surface area contributed by atoms with E-state index in [0.717, 1.165) is 44.9 Å². The molecule has 0 aliphatic carbocycles. The number of esters is 1. The summed E-state index contributed by atoms with van der Waals surface area (Å²) in [5, 5.41) is 8.79. The second kappa shape index (κ2) is 30.5. The van der Waals surface area contributed by atoms with E-state index < -0.39 is 5.97 Å². The molecule has 0 saturated carbocycles. The van der Waals surface area contributed by atoms with Crippen molar-refractivity contribution >= 4 is 11.9 Å². The van der Waals surface area contributed by atoms with Crippen molar-refractivity contribution in [1.82, 2.24) is 0 Å². The number of unbranched alkanes of at least 4 members (excludes halogenated alkanes) is 22. The Kier molecular flexibility index (Phi) is 29.6. The second-order valence-electron chi connectivity index (χ2n) is 11.7. The molecule has 4 heteroatoms. The molecule has 0 saturated heterocycles. The second-order valence-corrected chi connectivity index (χ2v) is 11.7. The molecule has 0 aromatic carbocycles. The first-order valence-corrected chi connectivity index (χ1v) is 17.0. The summed E-state index contributed by atoms with van der Waals surface area (Å²) in [5.41, 5.74) is 0. The zero-order valence-corrected chi connectivity index (χ0v) is 25.8. The van der Waals surface area contributed by atoms with Gasteiger partial charge in [-0.15, -0.1) is 0 Å². The number of carboxylic acid groups (broad SMARTS) is 1. The van der Waals surface area contributed by atoms with Crippen LogP contribution >= 0.6 is 0 Å². The normalized spacial score (nSPS) is 12.1. The highest BCUT2D eigenvalue weighted by Crippen LogP contribution is 2.18. The van der Waals surface area contributed by atoms with Crippen molar-refractivity contribution in [3.8, 4) is 0 Å². The van der Waals surface area contributed by atoms with Gasteiger partial charge in [0.1, 0.15) is 6.10 Å². The van der Waals surface area contributed by atoms with Crippen LogP contribution in [-0.2, 0) is 14.3 Å². The summed E-state index contributed by atoms with van der Waals surface area (Å²) >= 11 is 0. The smallest absolute Gasteiger partial charge is 0.306 e. The fraction of sp³-hybridized carbons (Fsp3) is 0.941. The molecule has 0 bridgehead atoms. The summed E-state index contributed by atoms with van der Waals surface area (Å²) in [5.74, 6) is -0.760. The maximum absolute atomic E-state index is 12.4. The van der Waals surface area contributed by atoms with Crippen molar-refractivity contribution in [1.29, 1.82) is 0 Å². The first-order chi connectivity index (χ1) is 18.6. The molecule has 0 spiro atoms. The lowest BCUT2D eigenvalue weighted by atomic mass is 10.0. The Labute approximate surface area is 237 Å². The van der Waals surface area contributed by atoms with E-state index >= 15 is 0 Å². The lowest BCUT2D eigenvalue weighted by molar-refractivity contribution is -0.150. The molecule has 0 radical (unpaired) electrons. The Morgan fingerprint density at radius 3 is 1.18 bits per heavy atom. The van der Waals surface area contributed by atoms with E-state index in [1.54, 1.807) is 0 Å². The highest BCUT2D eigenvalue weighted by Gasteiger charge is 2.14. The zero-order valence-electron chi connectivity index (χ0n) is 25.8. The predicted octanol–water partition coefficient (Wildman–Crippen LogP) is 11.3. The Morgan fingerprint density at radius 2 is 0.789 bits per heavy atom. The van der Waals surface area contributed by atoms with Crippen LogP contribution in [0.15, 0.2) is 0 Å². The minimum absolute atomic E-state index is 0.0136. The van der Waals surface area contributed by atoms with Crippen LogP contribution in [0.1, 0.15) is 200 Å². The summed E-state index contributed by atoms with van der Waals surface area (Å²) in [6, 6.07) is 0. The van der Waals surface area contributed by atoms with Crippen molar-refractivity contribution in [3.63, 3.8) is 0 Å². The maximum atomic E-state index is 12.4. The highest BCUT2D eigenvalue weighted by atomic mass is 16.5. The minimum Gasteiger partial charge on any atom is -0.481 e. The van der Waals surface area contributed by atoms with Gasteiger partial charge in [-0.1, -0.05) is 149 Å². The van der Waals surface area contributed by atoms with Crippen molar-refractivity contribution in [2.75, 3.05) is 0 Å². The van der Waals surface area contributed by atoms with Crippen LogP contribution in [0.2, 0.25) is 0 Å². The third kappa shape index (κ3) is 29.5. The van der Waals surface area contributed by atoms with Crippen LogP contribution in [0.3, 0.4) is 0 Å². The standard InChI is InChI=1S/C34H66O4/c1-3-5-7-9-10-11-12-13-14-15-16-17-18-19-20-21-22-27-31-34(37)38-32(28-24-8-6-4-2)29-25-23-26-30-33(35)36/h32H,3-31H2,1-2H3,(H,35,36). The largest absolute Gasteiger partial charge is 0.481 e. The molecule has 1 N–H and O–H groups in total. The first-order valence-electron chi connectivity index (χ1n) is 17.0. The Hall–Kier alpha value is -1.06. The lowest BCUT2D eigenvalue weighted by Gasteiger charge is -2.18. The maximum Gasteiger partial charge on any atom is 0.306 e. The minimum atomic E-state index is -0.725. The van der Waals surface area contributed by atoms with Gasteiger partial charge in [0, 0.05) is 12.8 Å². The Morgan fingerprint density at radius 1 is 0.474 bits per heavy atom. The van der Waals surface area contributed by atoms with Gasteiger partial charge < -0.3 is 9.84 Å². The van der Waals surface area contributed by atoms with Gasteiger partial charge in [-0.25, -0.2) is 0 Å². The summed E-state index contributed by atoms with van der Waals surface area (Å²) in [7, 11) is 0. The number of carbonyl (C=O) groups excluding carboxylic acids is 1. The number of aliphatic carboxylic acids is 1. The summed E-state index contributed by atoms with van der Waals surface area (Å²) in [6.45, 7) is 4.49. The zero-order chi connectivity index (χ0) is 27.9. The molecule has 0 heterocycles. The van der Waals surface area contributed by atoms with Crippen LogP contribution < -0.4 is 0 Å². The monoisotopic (exact) mass is 538 g/mol. The lowest BCUT2D eigenvalue weighted by Crippen LogP contribution is -2.18. The SMILES string of the molecule is CCCCCCCCCCCCCCCCCCCCC(=O)OC(CCCCCC)CCCCCC(=O)O. The average Bonchev–Trinajstić information content (AvgIpc) is 2.89. The van der Waals surface area contributed by atoms with Gasteiger partial charge in [0.25, 0.3) is 0 Å². The summed E-state index contributed by atoms with van der Waals surface area (Å²) in [4.78, 5) is 23.1. The summed E-state index contributed by atoms with van der Waals surface area (Å²) < 4.78 is 5.84. The van der Waals surface area contributed by atoms with E-state index in [1.165, 1.54) is 122 Å². The fourth-order valence-electron chi connectivity index (χ4n) is 5.30. The third-order valence-corrected chi connectivity index (χ3v) is 7.83. The molecular formula is C34H66O4. The van der Waals surface area contributed by atoms with Gasteiger partial charge in [0.2, 0.25) is 0 Å². The van der Waals surface area contributed by atoms with Crippen LogP contribution in [0.5, 0.6) is 0 Å². The molecule has 0 aliphatic heterocycles. The van der Waals surface area contributed by atoms with Crippen LogP contribution in [-0.4, -0.2) is 23.1 Å². The first kappa shape index (κ1) is 36.9. The molecular weight excluding hydrogens is 472 g/mol. The number of carboxylic acids is 1. The highest BCUT2D eigenvalue weighted by molar-refractivity contribution is 5.69. The van der Waals surface area contributed by atoms with E-state index in [1.807, 2.05) is 0 Å². The topological polar surface area (TPSA) is 63.6 Å². The molecule has 0 amide bonds. The molecule has 4 nitrogen and oxygen atoms in total. The van der Waals surface area contributed by atoms with Crippen molar-refractivity contribution in [2.45, 2.75) is 206 Å². The molecule has 0 aromatic rings. The van der Waals surface area contributed by atoms with Gasteiger partial charge >= 0.3 is 11.9 Å². The van der Waals surface area contributed by atoms with Gasteiger partial charge in [0.05, 0.1) is 0 Å². The van der Waals surface area contributed by atoms with Gasteiger partial charge in [-0.05, 0) is 38.5 Å². The predicted molar refractivity (Wildman–Crippen MR) is 163 cm³/mol. The van der Waals surface area contributed by atoms with Crippen molar-refractivity contribution in [2.24, 2.45) is 0 Å². The van der Waals surface area contributed by atoms with E-state index in [2.05, 4.69) is 13.8 Å². The number of ether oxygens (including phenoxy) is 1. The molecule has 0 fully saturated rings. The summed E-state index contributed by atoms with van der Waals surface area (Å²) in [6.07, 6.45) is 34.2. The Balaban J connectivity index is 3.63. The molecule has 38 heavy (non-hydrogen) atoms. The van der Waals surface area contributed by atoms with E-state index in [4.69, 9.17) is 9.84 Å². The van der Waals surface area contributed by atoms with E-state index in [9.17, 15) is 9.59 Å². The van der Waals surface area contributed by atoms with Crippen LogP contribution in [0.4, 0.5) is 0 Å². The van der Waals surface area contributed by atoms with E-state index in [0.29, 0.717) is 12.8 Å². The number of hydrogen-bond acceptors (Lipinski definition) is 3. The van der Waals surface area contributed by atoms with Crippen LogP contribution in [0, 0.1) is 0 Å². The Bertz CT molecular complexity index is 505. The van der Waals surface area contributed by atoms with E-state index in [-0.39, 0.29) is 18.5 Å². The number of carbonyl (C=O) groups is 2. The molecule has 0 rings (SSSR count). The molecule has 226 valence electrons. The van der Waals surface area contributed by atoms with Gasteiger partial charge in [0.15, 0.2) is 0 Å².